The molecule has 2 rings (SSSR count). The molecule has 0 spiro atoms. The highest BCUT2D eigenvalue weighted by molar-refractivity contribution is 5.79. The van der Waals surface area contributed by atoms with E-state index in [1.54, 1.807) is 64.1 Å². The smallest absolute Gasteiger partial charge is 0.480 e. The van der Waals surface area contributed by atoms with Crippen molar-refractivity contribution in [3.63, 3.8) is 0 Å². The van der Waals surface area contributed by atoms with Gasteiger partial charge in [-0.25, -0.2) is 4.79 Å². The Labute approximate surface area is 247 Å². The highest BCUT2D eigenvalue weighted by Crippen LogP contribution is 2.38. The number of carbonyl (C=O) groups excluding carboxylic acids is 3. The Bertz CT molecular complexity index is 1230. The molecule has 0 aliphatic carbocycles. The summed E-state index contributed by atoms with van der Waals surface area (Å²) in [5, 5.41) is 9.84. The normalized spacial score (nSPS) is 15.6. The number of hydrogen-bond donors (Lipinski definition) is 2. The van der Waals surface area contributed by atoms with E-state index in [1.165, 1.54) is 12.1 Å². The zero-order valence-corrected chi connectivity index (χ0v) is 25.5. The maximum absolute atomic E-state index is 12.9. The first-order valence-electron chi connectivity index (χ1n) is 14.1. The first kappa shape index (κ1) is 34.3. The van der Waals surface area contributed by atoms with Gasteiger partial charge in [-0.15, -0.1) is 0 Å². The first-order chi connectivity index (χ1) is 19.6. The lowest BCUT2D eigenvalue weighted by atomic mass is 9.79. The molecule has 230 valence electrons. The summed E-state index contributed by atoms with van der Waals surface area (Å²) in [5.74, 6) is -4.48. The van der Waals surface area contributed by atoms with Gasteiger partial charge in [0.15, 0.2) is 11.5 Å². The lowest BCUT2D eigenvalue weighted by Crippen LogP contribution is -2.43. The molecule has 2 aromatic carbocycles. The Kier molecular flexibility index (Phi) is 12.5. The summed E-state index contributed by atoms with van der Waals surface area (Å²) in [6, 6.07) is 11.4. The Hall–Kier alpha value is -3.92. The predicted octanol–water partition coefficient (Wildman–Crippen LogP) is 5.82. The average molecular weight is 586 g/mol. The van der Waals surface area contributed by atoms with Crippen LogP contribution in [0.5, 0.6) is 17.2 Å². The van der Waals surface area contributed by atoms with E-state index >= 15 is 0 Å². The van der Waals surface area contributed by atoms with Crippen LogP contribution < -0.4 is 19.9 Å². The van der Waals surface area contributed by atoms with E-state index in [2.05, 4.69) is 0 Å². The van der Waals surface area contributed by atoms with Crippen LogP contribution in [0.3, 0.4) is 0 Å². The molecule has 0 aliphatic rings. The van der Waals surface area contributed by atoms with Gasteiger partial charge in [0, 0.05) is 11.8 Å². The summed E-state index contributed by atoms with van der Waals surface area (Å²) in [7, 11) is 0. The van der Waals surface area contributed by atoms with E-state index in [0.717, 1.165) is 0 Å². The highest BCUT2D eigenvalue weighted by Gasteiger charge is 2.36. The largest absolute Gasteiger partial charge is 0.514 e. The number of para-hydroxylation sites is 1. The molecule has 0 amide bonds. The topological polar surface area (TPSA) is 151 Å². The first-order valence-corrected chi connectivity index (χ1v) is 14.1. The van der Waals surface area contributed by atoms with E-state index in [0.29, 0.717) is 11.3 Å². The number of carboxylic acid groups (broad SMARTS) is 1. The third-order valence-corrected chi connectivity index (χ3v) is 7.72. The van der Waals surface area contributed by atoms with E-state index in [4.69, 9.17) is 24.7 Å². The second kappa shape index (κ2) is 15.3. The van der Waals surface area contributed by atoms with Crippen molar-refractivity contribution < 1.29 is 43.2 Å². The fraction of sp³-hybridized carbons (Fsp3) is 0.500. The minimum Gasteiger partial charge on any atom is -0.480 e. The maximum atomic E-state index is 12.9. The molecule has 0 aromatic heterocycles. The summed E-state index contributed by atoms with van der Waals surface area (Å²) in [4.78, 5) is 50.2. The third-order valence-electron chi connectivity index (χ3n) is 7.72. The monoisotopic (exact) mass is 585 g/mol. The number of esters is 2. The second-order valence-electron chi connectivity index (χ2n) is 11.4. The maximum Gasteiger partial charge on any atom is 0.514 e. The van der Waals surface area contributed by atoms with Gasteiger partial charge < -0.3 is 29.8 Å². The molecule has 2 aromatic rings. The molecule has 42 heavy (non-hydrogen) atoms. The van der Waals surface area contributed by atoms with Crippen LogP contribution in [-0.2, 0) is 19.1 Å². The van der Waals surface area contributed by atoms with Crippen LogP contribution in [-0.4, -0.2) is 41.3 Å². The molecule has 0 heterocycles. The molecule has 10 nitrogen and oxygen atoms in total. The van der Waals surface area contributed by atoms with Crippen molar-refractivity contribution in [2.24, 2.45) is 35.3 Å². The Balaban J connectivity index is 2.45. The van der Waals surface area contributed by atoms with Gasteiger partial charge in [0.1, 0.15) is 17.9 Å². The number of carbonyl (C=O) groups is 4. The number of benzene rings is 2. The minimum absolute atomic E-state index is 0.0117. The van der Waals surface area contributed by atoms with Gasteiger partial charge in [0.25, 0.3) is 0 Å². The number of carboxylic acids is 1. The quantitative estimate of drug-likeness (QED) is 0.167. The molecule has 0 bridgehead atoms. The van der Waals surface area contributed by atoms with Crippen molar-refractivity contribution in [2.75, 3.05) is 0 Å². The molecule has 3 N–H and O–H groups in total. The van der Waals surface area contributed by atoms with Crippen LogP contribution in [0.15, 0.2) is 48.5 Å². The van der Waals surface area contributed by atoms with E-state index < -0.39 is 59.9 Å². The highest BCUT2D eigenvalue weighted by atomic mass is 16.7. The molecule has 0 aliphatic heterocycles. The van der Waals surface area contributed by atoms with Crippen LogP contribution in [0.25, 0.3) is 0 Å². The SMILES string of the molecule is CC(C)C(C)C(=O)Oc1ccc(C(C(C)C(C)OC(=O)Oc2ccccc2)[C@H](N)C(=O)O)cc1OC(=O)C(C)C(C)C. The minimum atomic E-state index is -1.41. The van der Waals surface area contributed by atoms with E-state index in [9.17, 15) is 24.3 Å². The molecule has 0 saturated carbocycles. The molecular weight excluding hydrogens is 542 g/mol. The third kappa shape index (κ3) is 9.30. The number of rotatable bonds is 13. The van der Waals surface area contributed by atoms with Crippen molar-refractivity contribution >= 4 is 24.1 Å². The summed E-state index contributed by atoms with van der Waals surface area (Å²) >= 11 is 0. The van der Waals surface area contributed by atoms with Crippen LogP contribution in [0.4, 0.5) is 4.79 Å². The molecule has 0 saturated heterocycles. The molecule has 0 radical (unpaired) electrons. The van der Waals surface area contributed by atoms with Gasteiger partial charge >= 0.3 is 24.1 Å². The standard InChI is InChI=1S/C32H43NO9/c1-17(2)19(5)30(36)41-25-15-14-23(16-26(25)42-31(37)20(6)18(3)4)27(28(33)29(34)35)21(7)22(8)39-32(38)40-24-12-10-9-11-13-24/h9-22,27-28H,33H2,1-8H3,(H,34,35)/t19?,20?,21?,22?,27?,28-/m0/s1. The van der Waals surface area contributed by atoms with Gasteiger partial charge in [-0.3, -0.25) is 14.4 Å². The van der Waals surface area contributed by atoms with Gasteiger partial charge in [-0.1, -0.05) is 72.7 Å². The number of nitrogens with two attached hydrogens (primary N) is 1. The van der Waals surface area contributed by atoms with Crippen molar-refractivity contribution in [1.29, 1.82) is 0 Å². The van der Waals surface area contributed by atoms with Gasteiger partial charge in [-0.05, 0) is 48.6 Å². The average Bonchev–Trinajstić information content (AvgIpc) is 2.93. The lowest BCUT2D eigenvalue weighted by molar-refractivity contribution is -0.142. The zero-order chi connectivity index (χ0) is 31.7. The molecular formula is C32H43NO9. The van der Waals surface area contributed by atoms with Crippen molar-refractivity contribution in [3.8, 4) is 17.2 Å². The summed E-state index contributed by atoms with van der Waals surface area (Å²) in [6.07, 6.45) is -1.78. The molecule has 0 fully saturated rings. The van der Waals surface area contributed by atoms with Crippen LogP contribution in [0.2, 0.25) is 0 Å². The fourth-order valence-electron chi connectivity index (χ4n) is 3.99. The Morgan fingerprint density at radius 2 is 1.24 bits per heavy atom. The molecule has 5 unspecified atom stereocenters. The van der Waals surface area contributed by atoms with Crippen LogP contribution >= 0.6 is 0 Å². The van der Waals surface area contributed by atoms with Gasteiger partial charge in [0.05, 0.1) is 11.8 Å². The summed E-state index contributed by atoms with van der Waals surface area (Å²) < 4.78 is 22.0. The predicted molar refractivity (Wildman–Crippen MR) is 156 cm³/mol. The van der Waals surface area contributed by atoms with Crippen LogP contribution in [0, 0.1) is 29.6 Å². The van der Waals surface area contributed by atoms with Gasteiger partial charge in [0.2, 0.25) is 0 Å². The summed E-state index contributed by atoms with van der Waals surface area (Å²) in [5.41, 5.74) is 6.54. The summed E-state index contributed by atoms with van der Waals surface area (Å²) in [6.45, 7) is 14.3. The van der Waals surface area contributed by atoms with Crippen LogP contribution in [0.1, 0.15) is 66.9 Å². The number of hydrogen-bond acceptors (Lipinski definition) is 9. The van der Waals surface area contributed by atoms with Crippen molar-refractivity contribution in [3.05, 3.63) is 54.1 Å². The zero-order valence-electron chi connectivity index (χ0n) is 25.5. The lowest BCUT2D eigenvalue weighted by Gasteiger charge is -2.31. The Morgan fingerprint density at radius 3 is 1.74 bits per heavy atom. The van der Waals surface area contributed by atoms with Gasteiger partial charge in [-0.2, -0.15) is 0 Å². The molecule has 10 heteroatoms. The Morgan fingerprint density at radius 1 is 0.714 bits per heavy atom. The second-order valence-corrected chi connectivity index (χ2v) is 11.4. The van der Waals surface area contributed by atoms with E-state index in [-0.39, 0.29) is 23.3 Å². The van der Waals surface area contributed by atoms with E-state index in [1.807, 2.05) is 27.7 Å². The fourth-order valence-corrected chi connectivity index (χ4v) is 3.99. The van der Waals surface area contributed by atoms with Crippen molar-refractivity contribution in [2.45, 2.75) is 73.5 Å². The van der Waals surface area contributed by atoms with Crippen molar-refractivity contribution in [1.82, 2.24) is 0 Å². The molecule has 6 atom stereocenters. The number of aliphatic carboxylic acids is 1. The number of ether oxygens (including phenoxy) is 4.